The molecule has 0 aromatic carbocycles. The van der Waals surface area contributed by atoms with Crippen LogP contribution in [0.1, 0.15) is 24.6 Å². The molecule has 102 valence electrons. The highest BCUT2D eigenvalue weighted by Crippen LogP contribution is 2.34. The molecule has 1 aromatic heterocycles. The number of aliphatic hydroxyl groups is 1. The van der Waals surface area contributed by atoms with Crippen molar-refractivity contribution in [2.45, 2.75) is 31.3 Å². The van der Waals surface area contributed by atoms with Crippen molar-refractivity contribution < 1.29 is 13.5 Å². The van der Waals surface area contributed by atoms with Crippen LogP contribution in [0, 0.1) is 5.92 Å². The van der Waals surface area contributed by atoms with Gasteiger partial charge in [0.2, 0.25) is 10.0 Å². The summed E-state index contributed by atoms with van der Waals surface area (Å²) in [4.78, 5) is 0.942. The number of thiophene rings is 1. The van der Waals surface area contributed by atoms with E-state index >= 15 is 0 Å². The number of piperidine rings is 1. The monoisotopic (exact) mass is 353 g/mol. The van der Waals surface area contributed by atoms with Crippen LogP contribution in [0.5, 0.6) is 0 Å². The lowest BCUT2D eigenvalue weighted by Crippen LogP contribution is -2.37. The zero-order valence-electron chi connectivity index (χ0n) is 10.1. The molecule has 7 heteroatoms. The number of sulfonamides is 1. The molecule has 1 aliphatic rings. The molecule has 0 amide bonds. The van der Waals surface area contributed by atoms with Gasteiger partial charge in [0.25, 0.3) is 0 Å². The van der Waals surface area contributed by atoms with Crippen LogP contribution >= 0.6 is 27.3 Å². The Kier molecular flexibility index (Phi) is 4.48. The molecule has 2 rings (SSSR count). The van der Waals surface area contributed by atoms with Crippen LogP contribution in [0.15, 0.2) is 14.7 Å². The van der Waals surface area contributed by atoms with Gasteiger partial charge in [-0.2, -0.15) is 4.31 Å². The van der Waals surface area contributed by atoms with Gasteiger partial charge in [0.15, 0.2) is 0 Å². The molecule has 1 N–H and O–H groups in total. The van der Waals surface area contributed by atoms with E-state index < -0.39 is 10.0 Å². The predicted molar refractivity (Wildman–Crippen MR) is 75.1 cm³/mol. The smallest absolute Gasteiger partial charge is 0.245 e. The first kappa shape index (κ1) is 14.5. The van der Waals surface area contributed by atoms with Gasteiger partial charge in [0, 0.05) is 18.0 Å². The summed E-state index contributed by atoms with van der Waals surface area (Å²) in [6.07, 6.45) is 1.82. The van der Waals surface area contributed by atoms with Gasteiger partial charge < -0.3 is 5.11 Å². The number of nitrogens with zero attached hydrogens (tertiary/aromatic N) is 1. The van der Waals surface area contributed by atoms with Gasteiger partial charge in [-0.05, 0) is 40.8 Å². The van der Waals surface area contributed by atoms with Gasteiger partial charge in [-0.1, -0.05) is 6.92 Å². The summed E-state index contributed by atoms with van der Waals surface area (Å²) in [6, 6.07) is 1.56. The Labute approximate surface area is 120 Å². The number of hydrogen-bond acceptors (Lipinski definition) is 4. The number of aliphatic hydroxyl groups excluding tert-OH is 1. The largest absolute Gasteiger partial charge is 0.391 e. The van der Waals surface area contributed by atoms with Crippen molar-refractivity contribution in [1.29, 1.82) is 0 Å². The molecule has 1 saturated heterocycles. The van der Waals surface area contributed by atoms with E-state index in [9.17, 15) is 8.42 Å². The summed E-state index contributed by atoms with van der Waals surface area (Å²) >= 11 is 4.54. The average molecular weight is 354 g/mol. The molecule has 18 heavy (non-hydrogen) atoms. The SMILES string of the molecule is CC1CCN(S(=O)(=O)c2cc(CO)sc2Br)CC1. The van der Waals surface area contributed by atoms with E-state index in [1.165, 1.54) is 11.3 Å². The summed E-state index contributed by atoms with van der Waals surface area (Å²) in [5, 5.41) is 9.07. The van der Waals surface area contributed by atoms with Crippen LogP contribution in [0.25, 0.3) is 0 Å². The molecular formula is C11H16BrNO3S2. The predicted octanol–water partition coefficient (Wildman–Crippen LogP) is 2.42. The fourth-order valence-corrected chi connectivity index (χ4v) is 5.98. The van der Waals surface area contributed by atoms with E-state index in [1.807, 2.05) is 0 Å². The number of hydrogen-bond donors (Lipinski definition) is 1. The van der Waals surface area contributed by atoms with E-state index in [1.54, 1.807) is 10.4 Å². The van der Waals surface area contributed by atoms with Crippen LogP contribution in [-0.2, 0) is 16.6 Å². The first-order valence-electron chi connectivity index (χ1n) is 5.84. The van der Waals surface area contributed by atoms with Crippen molar-refractivity contribution in [1.82, 2.24) is 4.31 Å². The Morgan fingerprint density at radius 2 is 2.11 bits per heavy atom. The lowest BCUT2D eigenvalue weighted by molar-refractivity contribution is 0.284. The van der Waals surface area contributed by atoms with E-state index in [-0.39, 0.29) is 11.5 Å². The third kappa shape index (κ3) is 2.80. The number of halogens is 1. The van der Waals surface area contributed by atoms with Crippen LogP contribution in [0.3, 0.4) is 0 Å². The first-order chi connectivity index (χ1) is 8.45. The Hall–Kier alpha value is 0.0500. The summed E-state index contributed by atoms with van der Waals surface area (Å²) in [5.41, 5.74) is 0. The van der Waals surface area contributed by atoms with Crippen LogP contribution in [-0.4, -0.2) is 30.9 Å². The molecule has 4 nitrogen and oxygen atoms in total. The van der Waals surface area contributed by atoms with Crippen molar-refractivity contribution in [3.05, 3.63) is 14.7 Å². The molecular weight excluding hydrogens is 338 g/mol. The minimum Gasteiger partial charge on any atom is -0.391 e. The van der Waals surface area contributed by atoms with Crippen molar-refractivity contribution in [2.24, 2.45) is 5.92 Å². The van der Waals surface area contributed by atoms with Gasteiger partial charge in [0.05, 0.1) is 10.4 Å². The third-order valence-corrected chi connectivity index (χ3v) is 7.36. The second-order valence-electron chi connectivity index (χ2n) is 4.60. The Morgan fingerprint density at radius 3 is 2.61 bits per heavy atom. The van der Waals surface area contributed by atoms with Gasteiger partial charge in [-0.25, -0.2) is 8.42 Å². The van der Waals surface area contributed by atoms with Crippen molar-refractivity contribution >= 4 is 37.3 Å². The van der Waals surface area contributed by atoms with Gasteiger partial charge in [-0.3, -0.25) is 0 Å². The third-order valence-electron chi connectivity index (χ3n) is 3.22. The highest BCUT2D eigenvalue weighted by Gasteiger charge is 2.30. The fraction of sp³-hybridized carbons (Fsp3) is 0.636. The summed E-state index contributed by atoms with van der Waals surface area (Å²) in [7, 11) is -3.42. The Balaban J connectivity index is 2.27. The van der Waals surface area contributed by atoms with E-state index in [4.69, 9.17) is 5.11 Å². The highest BCUT2D eigenvalue weighted by atomic mass is 79.9. The van der Waals surface area contributed by atoms with Crippen molar-refractivity contribution in [3.63, 3.8) is 0 Å². The summed E-state index contributed by atoms with van der Waals surface area (Å²) < 4.78 is 27.0. The summed E-state index contributed by atoms with van der Waals surface area (Å²) in [6.45, 7) is 3.19. The average Bonchev–Trinajstić information content (AvgIpc) is 2.72. The van der Waals surface area contributed by atoms with E-state index in [2.05, 4.69) is 22.9 Å². The molecule has 1 aromatic rings. The van der Waals surface area contributed by atoms with Crippen molar-refractivity contribution in [2.75, 3.05) is 13.1 Å². The molecule has 1 fully saturated rings. The quantitative estimate of drug-likeness (QED) is 0.907. The second kappa shape index (κ2) is 5.58. The van der Waals surface area contributed by atoms with Gasteiger partial charge in [0.1, 0.15) is 4.90 Å². The minimum atomic E-state index is -3.42. The van der Waals surface area contributed by atoms with Crippen LogP contribution < -0.4 is 0 Å². The highest BCUT2D eigenvalue weighted by molar-refractivity contribution is 9.11. The minimum absolute atomic E-state index is 0.129. The zero-order valence-corrected chi connectivity index (χ0v) is 13.3. The van der Waals surface area contributed by atoms with E-state index in [0.29, 0.717) is 27.7 Å². The van der Waals surface area contributed by atoms with Crippen LogP contribution in [0.2, 0.25) is 0 Å². The molecule has 2 heterocycles. The van der Waals surface area contributed by atoms with Gasteiger partial charge >= 0.3 is 0 Å². The zero-order chi connectivity index (χ0) is 13.3. The Morgan fingerprint density at radius 1 is 1.50 bits per heavy atom. The molecule has 0 unspecified atom stereocenters. The van der Waals surface area contributed by atoms with E-state index in [0.717, 1.165) is 12.8 Å². The summed E-state index contributed by atoms with van der Waals surface area (Å²) in [5.74, 6) is 0.593. The lowest BCUT2D eigenvalue weighted by atomic mass is 10.0. The van der Waals surface area contributed by atoms with Gasteiger partial charge in [-0.15, -0.1) is 11.3 Å². The molecule has 0 saturated carbocycles. The molecule has 0 aliphatic carbocycles. The fourth-order valence-electron chi connectivity index (χ4n) is 2.02. The lowest BCUT2D eigenvalue weighted by Gasteiger charge is -2.29. The second-order valence-corrected chi connectivity index (χ2v) is 8.96. The maximum atomic E-state index is 12.5. The number of rotatable bonds is 3. The maximum absolute atomic E-state index is 12.5. The molecule has 1 aliphatic heterocycles. The Bertz CT molecular complexity index is 518. The maximum Gasteiger partial charge on any atom is 0.245 e. The molecule has 0 spiro atoms. The first-order valence-corrected chi connectivity index (χ1v) is 8.89. The molecule has 0 radical (unpaired) electrons. The normalized spacial score (nSPS) is 19.3. The van der Waals surface area contributed by atoms with Crippen molar-refractivity contribution in [3.8, 4) is 0 Å². The topological polar surface area (TPSA) is 57.6 Å². The van der Waals surface area contributed by atoms with Crippen LogP contribution in [0.4, 0.5) is 0 Å². The standard InChI is InChI=1S/C11H16BrNO3S2/c1-8-2-4-13(5-3-8)18(15,16)10-6-9(7-14)17-11(10)12/h6,8,14H,2-5,7H2,1H3. The molecule has 0 atom stereocenters. The molecule has 0 bridgehead atoms.